The summed E-state index contributed by atoms with van der Waals surface area (Å²) in [5, 5.41) is 9.04. The fourth-order valence-corrected chi connectivity index (χ4v) is 7.47. The predicted molar refractivity (Wildman–Crippen MR) is 141 cm³/mol. The standard InChI is InChI=1S/C26H43N2O3PS/c1-19(2)25(20(3)4)28(26(21(5)6)22(7)8)32(30-16-12-15-27)31-17-24(29)33-18-23-13-10-9-11-14-23/h9-11,13-14,19-22,25-26H,12,16-18H2,1-8H3. The fraction of sp³-hybridized carbons (Fsp3) is 0.692. The lowest BCUT2D eigenvalue weighted by atomic mass is 9.87. The lowest BCUT2D eigenvalue weighted by Gasteiger charge is -2.47. The van der Waals surface area contributed by atoms with Gasteiger partial charge in [0.1, 0.15) is 6.61 Å². The molecule has 0 saturated heterocycles. The molecule has 0 bridgehead atoms. The van der Waals surface area contributed by atoms with Crippen LogP contribution in [-0.4, -0.2) is 35.1 Å². The third kappa shape index (κ3) is 10.5. The number of hydrogen-bond acceptors (Lipinski definition) is 6. The topological polar surface area (TPSA) is 62.6 Å². The second-order valence-corrected chi connectivity index (χ2v) is 12.2. The molecule has 1 atom stereocenters. The van der Waals surface area contributed by atoms with E-state index in [9.17, 15) is 4.79 Å². The van der Waals surface area contributed by atoms with Crippen molar-refractivity contribution in [1.29, 1.82) is 5.26 Å². The lowest BCUT2D eigenvalue weighted by Crippen LogP contribution is -2.50. The first-order valence-electron chi connectivity index (χ1n) is 12.0. The second-order valence-electron chi connectivity index (χ2n) is 9.74. The van der Waals surface area contributed by atoms with Gasteiger partial charge in [0.25, 0.3) is 8.53 Å². The summed E-state index contributed by atoms with van der Waals surface area (Å²) < 4.78 is 14.9. The van der Waals surface area contributed by atoms with E-state index in [-0.39, 0.29) is 23.8 Å². The highest BCUT2D eigenvalue weighted by atomic mass is 32.2. The summed E-state index contributed by atoms with van der Waals surface area (Å²) in [5.41, 5.74) is 1.12. The molecule has 186 valence electrons. The van der Waals surface area contributed by atoms with E-state index in [2.05, 4.69) is 66.1 Å². The van der Waals surface area contributed by atoms with Crippen molar-refractivity contribution in [1.82, 2.24) is 4.67 Å². The summed E-state index contributed by atoms with van der Waals surface area (Å²) in [5.74, 6) is 2.19. The number of nitrogens with zero attached hydrogens (tertiary/aromatic N) is 2. The predicted octanol–water partition coefficient (Wildman–Crippen LogP) is 7.28. The molecule has 33 heavy (non-hydrogen) atoms. The highest BCUT2D eigenvalue weighted by molar-refractivity contribution is 8.13. The van der Waals surface area contributed by atoms with Crippen LogP contribution in [0.3, 0.4) is 0 Å². The van der Waals surface area contributed by atoms with Crippen molar-refractivity contribution in [3.05, 3.63) is 35.9 Å². The Bertz CT molecular complexity index is 686. The first-order valence-corrected chi connectivity index (χ1v) is 14.1. The Morgan fingerprint density at radius 3 is 1.91 bits per heavy atom. The van der Waals surface area contributed by atoms with Gasteiger partial charge in [-0.15, -0.1) is 0 Å². The zero-order valence-corrected chi connectivity index (χ0v) is 23.4. The molecule has 1 aromatic carbocycles. The van der Waals surface area contributed by atoms with Crippen molar-refractivity contribution in [2.75, 3.05) is 13.2 Å². The molecule has 0 aliphatic carbocycles. The molecular weight excluding hydrogens is 451 g/mol. The van der Waals surface area contributed by atoms with Crippen molar-refractivity contribution >= 4 is 25.4 Å². The van der Waals surface area contributed by atoms with Crippen LogP contribution >= 0.6 is 20.3 Å². The largest absolute Gasteiger partial charge is 0.321 e. The van der Waals surface area contributed by atoms with Gasteiger partial charge >= 0.3 is 0 Å². The van der Waals surface area contributed by atoms with Gasteiger partial charge in [-0.3, -0.25) is 4.79 Å². The van der Waals surface area contributed by atoms with E-state index in [0.717, 1.165) is 5.56 Å². The first-order chi connectivity index (χ1) is 15.6. The van der Waals surface area contributed by atoms with Crippen LogP contribution in [0.25, 0.3) is 0 Å². The van der Waals surface area contributed by atoms with Crippen LogP contribution in [0.2, 0.25) is 0 Å². The Morgan fingerprint density at radius 1 is 0.939 bits per heavy atom. The summed E-state index contributed by atoms with van der Waals surface area (Å²) in [6.07, 6.45) is 0.300. The lowest BCUT2D eigenvalue weighted by molar-refractivity contribution is -0.113. The molecule has 0 saturated carbocycles. The maximum Gasteiger partial charge on any atom is 0.259 e. The average molecular weight is 495 g/mol. The quantitative estimate of drug-likeness (QED) is 0.188. The highest BCUT2D eigenvalue weighted by Gasteiger charge is 2.41. The van der Waals surface area contributed by atoms with Gasteiger partial charge in [0.2, 0.25) is 5.12 Å². The van der Waals surface area contributed by atoms with E-state index in [1.165, 1.54) is 11.8 Å². The van der Waals surface area contributed by atoms with E-state index in [1.807, 2.05) is 30.3 Å². The van der Waals surface area contributed by atoms with Gasteiger partial charge in [0.15, 0.2) is 0 Å². The van der Waals surface area contributed by atoms with E-state index < -0.39 is 8.53 Å². The van der Waals surface area contributed by atoms with E-state index in [1.54, 1.807) is 0 Å². The molecule has 0 radical (unpaired) electrons. The number of benzene rings is 1. The van der Waals surface area contributed by atoms with Crippen LogP contribution in [-0.2, 0) is 19.6 Å². The van der Waals surface area contributed by atoms with Crippen LogP contribution in [0.5, 0.6) is 0 Å². The molecule has 0 aliphatic heterocycles. The summed E-state index contributed by atoms with van der Waals surface area (Å²) in [7, 11) is -1.49. The maximum atomic E-state index is 12.7. The van der Waals surface area contributed by atoms with Crippen LogP contribution in [0.1, 0.15) is 67.4 Å². The van der Waals surface area contributed by atoms with Crippen molar-refractivity contribution in [2.24, 2.45) is 23.7 Å². The molecule has 0 aliphatic rings. The van der Waals surface area contributed by atoms with Gasteiger partial charge in [-0.25, -0.2) is 4.67 Å². The fourth-order valence-electron chi connectivity index (χ4n) is 4.41. The van der Waals surface area contributed by atoms with Gasteiger partial charge in [-0.05, 0) is 29.2 Å². The molecule has 1 unspecified atom stereocenters. The van der Waals surface area contributed by atoms with E-state index >= 15 is 0 Å². The van der Waals surface area contributed by atoms with Gasteiger partial charge in [0.05, 0.1) is 19.1 Å². The van der Waals surface area contributed by atoms with Gasteiger partial charge in [-0.2, -0.15) is 5.26 Å². The number of carbonyl (C=O) groups excluding carboxylic acids is 1. The molecule has 0 N–H and O–H groups in total. The molecule has 0 heterocycles. The summed E-state index contributed by atoms with van der Waals surface area (Å²) in [6, 6.07) is 12.6. The summed E-state index contributed by atoms with van der Waals surface area (Å²) in [6.45, 7) is 18.2. The SMILES string of the molecule is CC(C)C(C(C)C)N(C(C(C)C)C(C)C)P(OCCC#N)OCC(=O)SCc1ccccc1. The Hall–Kier alpha value is -0.960. The Morgan fingerprint density at radius 2 is 1.45 bits per heavy atom. The monoisotopic (exact) mass is 494 g/mol. The molecule has 1 rings (SSSR count). The normalized spacial score (nSPS) is 13.2. The molecule has 0 aromatic heterocycles. The Balaban J connectivity index is 3.10. The molecule has 0 fully saturated rings. The molecule has 0 spiro atoms. The molecule has 5 nitrogen and oxygen atoms in total. The van der Waals surface area contributed by atoms with Crippen LogP contribution in [0, 0.1) is 35.0 Å². The van der Waals surface area contributed by atoms with Crippen molar-refractivity contribution < 1.29 is 13.8 Å². The van der Waals surface area contributed by atoms with Gasteiger partial charge in [-0.1, -0.05) is 97.5 Å². The van der Waals surface area contributed by atoms with E-state index in [0.29, 0.717) is 42.5 Å². The van der Waals surface area contributed by atoms with Crippen LogP contribution in [0.15, 0.2) is 30.3 Å². The van der Waals surface area contributed by atoms with E-state index in [4.69, 9.17) is 14.3 Å². The third-order valence-electron chi connectivity index (χ3n) is 5.48. The summed E-state index contributed by atoms with van der Waals surface area (Å²) >= 11 is 1.27. The number of thioether (sulfide) groups is 1. The number of carbonyl (C=O) groups is 1. The summed E-state index contributed by atoms with van der Waals surface area (Å²) in [4.78, 5) is 12.7. The number of rotatable bonds is 15. The minimum atomic E-state index is -1.49. The average Bonchev–Trinajstić information content (AvgIpc) is 2.74. The maximum absolute atomic E-state index is 12.7. The third-order valence-corrected chi connectivity index (χ3v) is 8.06. The smallest absolute Gasteiger partial charge is 0.259 e. The molecule has 0 amide bonds. The highest BCUT2D eigenvalue weighted by Crippen LogP contribution is 2.51. The first kappa shape index (κ1) is 30.1. The number of nitriles is 1. The molecule has 7 heteroatoms. The van der Waals surface area contributed by atoms with Gasteiger partial charge in [0, 0.05) is 17.8 Å². The van der Waals surface area contributed by atoms with Crippen molar-refractivity contribution in [3.63, 3.8) is 0 Å². The molecule has 1 aromatic rings. The van der Waals surface area contributed by atoms with Crippen LogP contribution < -0.4 is 0 Å². The van der Waals surface area contributed by atoms with Crippen molar-refractivity contribution in [2.45, 2.75) is 79.6 Å². The number of hydrogen-bond donors (Lipinski definition) is 0. The Labute approximate surface area is 207 Å². The molecular formula is C26H43N2O3PS. The van der Waals surface area contributed by atoms with Crippen molar-refractivity contribution in [3.8, 4) is 6.07 Å². The van der Waals surface area contributed by atoms with Gasteiger partial charge < -0.3 is 9.05 Å². The minimum Gasteiger partial charge on any atom is -0.321 e. The second kappa shape index (κ2) is 15.8. The Kier molecular flexibility index (Phi) is 14.4. The zero-order chi connectivity index (χ0) is 25.0. The van der Waals surface area contributed by atoms with Crippen LogP contribution in [0.4, 0.5) is 0 Å². The minimum absolute atomic E-state index is 0.00191. The zero-order valence-electron chi connectivity index (χ0n) is 21.7.